The van der Waals surface area contributed by atoms with Gasteiger partial charge in [0.1, 0.15) is 5.83 Å². The number of halogens is 1. The molecular weight excluding hydrogens is 275 g/mol. The van der Waals surface area contributed by atoms with Crippen molar-refractivity contribution < 1.29 is 9.50 Å². The number of hydrogen-bond acceptors (Lipinski definition) is 1. The molecule has 112 valence electrons. The monoisotopic (exact) mass is 294 g/mol. The molecule has 0 radical (unpaired) electrons. The molecular formula is C20H19FO. The lowest BCUT2D eigenvalue weighted by molar-refractivity contribution is 0.142. The average Bonchev–Trinajstić information content (AvgIpc) is 2.57. The highest BCUT2D eigenvalue weighted by Crippen LogP contribution is 2.39. The van der Waals surface area contributed by atoms with Crippen LogP contribution in [0, 0.1) is 5.92 Å². The lowest BCUT2D eigenvalue weighted by atomic mass is 9.80. The van der Waals surface area contributed by atoms with Gasteiger partial charge in [-0.2, -0.15) is 0 Å². The Morgan fingerprint density at radius 1 is 1.00 bits per heavy atom. The number of aryl methyl sites for hydroxylation is 1. The van der Waals surface area contributed by atoms with Gasteiger partial charge in [-0.1, -0.05) is 61.2 Å². The van der Waals surface area contributed by atoms with Crippen molar-refractivity contribution in [3.05, 3.63) is 83.9 Å². The number of aliphatic hydroxyl groups is 1. The van der Waals surface area contributed by atoms with Gasteiger partial charge in [-0.3, -0.25) is 0 Å². The van der Waals surface area contributed by atoms with E-state index in [1.54, 1.807) is 6.07 Å². The van der Waals surface area contributed by atoms with E-state index >= 15 is 0 Å². The summed E-state index contributed by atoms with van der Waals surface area (Å²) in [6.45, 7) is 4.08. The van der Waals surface area contributed by atoms with Crippen LogP contribution in [0.25, 0.3) is 11.4 Å². The fourth-order valence-electron chi connectivity index (χ4n) is 2.98. The molecule has 2 atom stereocenters. The predicted molar refractivity (Wildman–Crippen MR) is 88.8 cm³/mol. The van der Waals surface area contributed by atoms with Gasteiger partial charge in [0.15, 0.2) is 0 Å². The first-order chi connectivity index (χ1) is 10.7. The van der Waals surface area contributed by atoms with Crippen LogP contribution < -0.4 is 0 Å². The first-order valence-electron chi connectivity index (χ1n) is 7.54. The van der Waals surface area contributed by atoms with Gasteiger partial charge in [-0.15, -0.1) is 0 Å². The summed E-state index contributed by atoms with van der Waals surface area (Å²) in [4.78, 5) is 0. The van der Waals surface area contributed by atoms with Gasteiger partial charge in [-0.05, 0) is 35.6 Å². The topological polar surface area (TPSA) is 20.2 Å². The number of benzene rings is 2. The van der Waals surface area contributed by atoms with Gasteiger partial charge in [0, 0.05) is 11.5 Å². The van der Waals surface area contributed by atoms with Crippen LogP contribution in [0.15, 0.2) is 67.3 Å². The number of aliphatic hydroxyl groups excluding tert-OH is 1. The van der Waals surface area contributed by atoms with Crippen LogP contribution in [0.3, 0.4) is 0 Å². The summed E-state index contributed by atoms with van der Waals surface area (Å²) in [5.41, 5.74) is 3.33. The van der Waals surface area contributed by atoms with Crippen molar-refractivity contribution in [2.75, 3.05) is 0 Å². The molecule has 1 N–H and O–H groups in total. The van der Waals surface area contributed by atoms with Gasteiger partial charge in [0.2, 0.25) is 0 Å². The van der Waals surface area contributed by atoms with Crippen LogP contribution in [-0.2, 0) is 6.42 Å². The first kappa shape index (κ1) is 14.7. The van der Waals surface area contributed by atoms with Crippen LogP contribution in [0.4, 0.5) is 4.39 Å². The smallest absolute Gasteiger partial charge is 0.127 e. The largest absolute Gasteiger partial charge is 0.392 e. The second-order valence-electron chi connectivity index (χ2n) is 5.70. The highest BCUT2D eigenvalue weighted by Gasteiger charge is 2.28. The first-order valence-corrected chi connectivity index (χ1v) is 7.54. The SMILES string of the molecule is C=C1c2ccccc2C(F)=C[C@@H]1[C@H](O)CCc1ccccc1. The van der Waals surface area contributed by atoms with Crippen molar-refractivity contribution in [1.29, 1.82) is 0 Å². The van der Waals surface area contributed by atoms with Crippen molar-refractivity contribution in [1.82, 2.24) is 0 Å². The minimum Gasteiger partial charge on any atom is -0.392 e. The van der Waals surface area contributed by atoms with E-state index < -0.39 is 6.10 Å². The quantitative estimate of drug-likeness (QED) is 0.871. The standard InChI is InChI=1S/C20H19FO/c1-14-16-9-5-6-10-17(16)19(21)13-18(14)20(22)12-11-15-7-3-2-4-8-15/h2-10,13,18,20,22H,1,11-12H2/t18-,20+/m0/s1. The summed E-state index contributed by atoms with van der Waals surface area (Å²) < 4.78 is 14.2. The minimum atomic E-state index is -0.633. The van der Waals surface area contributed by atoms with E-state index in [2.05, 4.69) is 6.58 Å². The van der Waals surface area contributed by atoms with E-state index in [1.807, 2.05) is 48.5 Å². The van der Waals surface area contributed by atoms with Gasteiger partial charge in [-0.25, -0.2) is 4.39 Å². The third-order valence-corrected chi connectivity index (χ3v) is 4.24. The Bertz CT molecular complexity index is 703. The van der Waals surface area contributed by atoms with Crippen molar-refractivity contribution in [3.8, 4) is 0 Å². The Morgan fingerprint density at radius 3 is 2.36 bits per heavy atom. The molecule has 22 heavy (non-hydrogen) atoms. The molecule has 3 rings (SSSR count). The van der Waals surface area contributed by atoms with Gasteiger partial charge >= 0.3 is 0 Å². The average molecular weight is 294 g/mol. The molecule has 2 aromatic rings. The summed E-state index contributed by atoms with van der Waals surface area (Å²) in [7, 11) is 0. The van der Waals surface area contributed by atoms with Crippen molar-refractivity contribution in [2.24, 2.45) is 5.92 Å². The molecule has 1 aliphatic carbocycles. The van der Waals surface area contributed by atoms with Gasteiger partial charge < -0.3 is 5.11 Å². The van der Waals surface area contributed by atoms with Crippen molar-refractivity contribution in [2.45, 2.75) is 18.9 Å². The maximum atomic E-state index is 14.2. The summed E-state index contributed by atoms with van der Waals surface area (Å²) in [5, 5.41) is 10.5. The molecule has 0 fully saturated rings. The fraction of sp³-hybridized carbons (Fsp3) is 0.200. The van der Waals surface area contributed by atoms with Gasteiger partial charge in [0.25, 0.3) is 0 Å². The van der Waals surface area contributed by atoms with Crippen molar-refractivity contribution >= 4 is 11.4 Å². The molecule has 0 spiro atoms. The van der Waals surface area contributed by atoms with Crippen LogP contribution in [-0.4, -0.2) is 11.2 Å². The Labute approximate surface area is 130 Å². The molecule has 0 bridgehead atoms. The Kier molecular flexibility index (Phi) is 4.21. The third kappa shape index (κ3) is 2.88. The normalized spacial score (nSPS) is 18.5. The summed E-state index contributed by atoms with van der Waals surface area (Å²) in [6.07, 6.45) is 2.22. The molecule has 1 aliphatic rings. The molecule has 1 nitrogen and oxygen atoms in total. The van der Waals surface area contributed by atoms with Crippen LogP contribution in [0.2, 0.25) is 0 Å². The molecule has 0 saturated carbocycles. The molecule has 0 saturated heterocycles. The van der Waals surface area contributed by atoms with E-state index in [0.29, 0.717) is 12.0 Å². The number of rotatable bonds is 4. The highest BCUT2D eigenvalue weighted by molar-refractivity contribution is 5.83. The van der Waals surface area contributed by atoms with Crippen LogP contribution in [0.1, 0.15) is 23.1 Å². The lowest BCUT2D eigenvalue weighted by Crippen LogP contribution is -2.23. The molecule has 2 heteroatoms. The van der Waals surface area contributed by atoms with E-state index in [0.717, 1.165) is 17.6 Å². The molecule has 0 aromatic heterocycles. The third-order valence-electron chi connectivity index (χ3n) is 4.24. The number of hydrogen-bond donors (Lipinski definition) is 1. The maximum Gasteiger partial charge on any atom is 0.127 e. The van der Waals surface area contributed by atoms with E-state index in [9.17, 15) is 9.50 Å². The highest BCUT2D eigenvalue weighted by atomic mass is 19.1. The maximum absolute atomic E-state index is 14.2. The Morgan fingerprint density at radius 2 is 1.64 bits per heavy atom. The second-order valence-corrected chi connectivity index (χ2v) is 5.70. The summed E-state index contributed by atoms with van der Waals surface area (Å²) in [6, 6.07) is 17.3. The summed E-state index contributed by atoms with van der Waals surface area (Å²) >= 11 is 0. The Balaban J connectivity index is 1.75. The zero-order valence-corrected chi connectivity index (χ0v) is 12.4. The molecule has 0 amide bonds. The zero-order valence-electron chi connectivity index (χ0n) is 12.4. The number of fused-ring (bicyclic) bond motifs is 1. The van der Waals surface area contributed by atoms with E-state index in [-0.39, 0.29) is 11.7 Å². The lowest BCUT2D eigenvalue weighted by Gasteiger charge is -2.27. The van der Waals surface area contributed by atoms with Crippen LogP contribution in [0.5, 0.6) is 0 Å². The summed E-state index contributed by atoms with van der Waals surface area (Å²) in [5.74, 6) is -0.634. The fourth-order valence-corrected chi connectivity index (χ4v) is 2.98. The molecule has 0 unspecified atom stereocenters. The second kappa shape index (κ2) is 6.29. The van der Waals surface area contributed by atoms with Crippen LogP contribution >= 0.6 is 0 Å². The van der Waals surface area contributed by atoms with Gasteiger partial charge in [0.05, 0.1) is 6.10 Å². The predicted octanol–water partition coefficient (Wildman–Crippen LogP) is 4.63. The zero-order chi connectivity index (χ0) is 15.5. The minimum absolute atomic E-state index is 0.272. The van der Waals surface area contributed by atoms with E-state index in [4.69, 9.17) is 0 Å². The van der Waals surface area contributed by atoms with E-state index in [1.165, 1.54) is 11.6 Å². The molecule has 0 aliphatic heterocycles. The Hall–Kier alpha value is -2.19. The molecule has 2 aromatic carbocycles. The van der Waals surface area contributed by atoms with Crippen molar-refractivity contribution in [3.63, 3.8) is 0 Å². The molecule has 0 heterocycles.